The highest BCUT2D eigenvalue weighted by molar-refractivity contribution is 5.92. The molecule has 0 amide bonds. The van der Waals surface area contributed by atoms with Crippen molar-refractivity contribution >= 4 is 29.8 Å². The highest BCUT2D eigenvalue weighted by Gasteiger charge is 2.58. The summed E-state index contributed by atoms with van der Waals surface area (Å²) in [5.41, 5.74) is 1.24. The fraction of sp³-hybridized carbons (Fsp3) is 0.241. The molecule has 3 heterocycles. The highest BCUT2D eigenvalue weighted by atomic mass is 16.8. The van der Waals surface area contributed by atoms with Crippen molar-refractivity contribution in [1.29, 1.82) is 0 Å². The third-order valence-corrected chi connectivity index (χ3v) is 11.6. The minimum Gasteiger partial charge on any atom is -0.459 e. The Kier molecular flexibility index (Phi) is 15.1. The number of benzene rings is 6. The zero-order valence-corrected chi connectivity index (χ0v) is 37.2. The molecule has 1 N–H and O–H groups in total. The third-order valence-electron chi connectivity index (χ3n) is 11.6. The summed E-state index contributed by atoms with van der Waals surface area (Å²) in [6.07, 6.45) is -16.9. The Morgan fingerprint density at radius 2 is 0.857 bits per heavy atom. The smallest absolute Gasteiger partial charge is 0.340 e. The second-order valence-electron chi connectivity index (χ2n) is 16.3. The van der Waals surface area contributed by atoms with E-state index in [1.165, 1.54) is 48.5 Å². The van der Waals surface area contributed by atoms with Gasteiger partial charge in [-0.3, -0.25) is 0 Å². The number of carbonyl (C=O) groups is 5. The van der Waals surface area contributed by atoms with Gasteiger partial charge in [0.05, 0.1) is 34.4 Å². The van der Waals surface area contributed by atoms with Crippen LogP contribution in [0.4, 0.5) is 0 Å². The van der Waals surface area contributed by atoms with Crippen molar-refractivity contribution in [2.24, 2.45) is 0 Å². The molecule has 16 nitrogen and oxygen atoms in total. The van der Waals surface area contributed by atoms with E-state index < -0.39 is 104 Å². The van der Waals surface area contributed by atoms with E-state index >= 15 is 0 Å². The molecule has 3 saturated heterocycles. The molecule has 6 aromatic rings. The van der Waals surface area contributed by atoms with Gasteiger partial charge in [0.2, 0.25) is 12.4 Å². The van der Waals surface area contributed by atoms with E-state index in [2.05, 4.69) is 0 Å². The Hall–Kier alpha value is -7.57. The average molecular weight is 951 g/mol. The minimum atomic E-state index is -1.86. The molecule has 0 saturated carbocycles. The lowest BCUT2D eigenvalue weighted by atomic mass is 9.95. The number of hydrogen-bond donors (Lipinski definition) is 1. The van der Waals surface area contributed by atoms with Crippen LogP contribution in [-0.4, -0.2) is 110 Å². The number of aliphatic hydroxyl groups is 1. The summed E-state index contributed by atoms with van der Waals surface area (Å²) in [7, 11) is 0. The van der Waals surface area contributed by atoms with Crippen LogP contribution in [0.15, 0.2) is 182 Å². The summed E-state index contributed by atoms with van der Waals surface area (Å²) in [5, 5.41) is 12.4. The van der Waals surface area contributed by atoms with Gasteiger partial charge in [-0.05, 0) is 60.7 Å². The van der Waals surface area contributed by atoms with Crippen LogP contribution >= 0.6 is 0 Å². The molecule has 0 aliphatic carbocycles. The first-order valence-corrected chi connectivity index (χ1v) is 22.4. The molecule has 1 unspecified atom stereocenters. The molecule has 358 valence electrons. The maximum Gasteiger partial charge on any atom is 0.340 e. The molecular formula is C54H46O16. The molecular weight excluding hydrogens is 905 g/mol. The first-order chi connectivity index (χ1) is 34.2. The van der Waals surface area contributed by atoms with E-state index in [4.69, 9.17) is 47.4 Å². The van der Waals surface area contributed by atoms with Gasteiger partial charge in [-0.2, -0.15) is 0 Å². The topological polar surface area (TPSA) is 198 Å². The fourth-order valence-corrected chi connectivity index (χ4v) is 8.14. The predicted molar refractivity (Wildman–Crippen MR) is 244 cm³/mol. The molecule has 0 radical (unpaired) electrons. The van der Waals surface area contributed by atoms with E-state index in [0.29, 0.717) is 5.56 Å². The summed E-state index contributed by atoms with van der Waals surface area (Å²) in [5.74, 6) is -4.36. The number of aliphatic hydroxyl groups excluding tert-OH is 1. The van der Waals surface area contributed by atoms with Crippen molar-refractivity contribution < 1.29 is 76.4 Å². The molecule has 0 bridgehead atoms. The van der Waals surface area contributed by atoms with Crippen LogP contribution in [0, 0.1) is 0 Å². The normalized spacial score (nSPS) is 26.0. The van der Waals surface area contributed by atoms with Crippen molar-refractivity contribution in [3.8, 4) is 0 Å². The predicted octanol–water partition coefficient (Wildman–Crippen LogP) is 6.69. The molecule has 3 aliphatic rings. The largest absolute Gasteiger partial charge is 0.459 e. The van der Waals surface area contributed by atoms with Crippen LogP contribution in [-0.2, 0) is 47.4 Å². The maximum atomic E-state index is 14.2. The average Bonchev–Trinajstić information content (AvgIpc) is 3.41. The lowest BCUT2D eigenvalue weighted by Gasteiger charge is -2.50. The van der Waals surface area contributed by atoms with Crippen LogP contribution in [0.2, 0.25) is 0 Å². The molecule has 6 aromatic carbocycles. The van der Waals surface area contributed by atoms with Gasteiger partial charge in [-0.15, -0.1) is 0 Å². The Labute approximate surface area is 401 Å². The summed E-state index contributed by atoms with van der Waals surface area (Å²) < 4.78 is 62.2. The second kappa shape index (κ2) is 22.2. The SMILES string of the molecule is O=C(OC[C@H]1O[C@H](OC(=O)c2ccccc2)[C@@H](OC(=O)c2ccccc2)[C@@H](OC(=O)c2ccccc2)[C@@H]1O[C@@H]1O[C@@H]2COC(c3ccccc3)O[C@@H]2[C@H](OC(=O)c2ccccc2)[C@@H]1O)c1ccccc1. The molecule has 70 heavy (non-hydrogen) atoms. The molecule has 16 heteroatoms. The summed E-state index contributed by atoms with van der Waals surface area (Å²) in [6.45, 7) is -0.792. The number of rotatable bonds is 14. The fourth-order valence-electron chi connectivity index (χ4n) is 8.14. The van der Waals surface area contributed by atoms with E-state index in [1.807, 2.05) is 6.07 Å². The molecule has 0 spiro atoms. The minimum absolute atomic E-state index is 0.0694. The third kappa shape index (κ3) is 11.1. The van der Waals surface area contributed by atoms with Crippen molar-refractivity contribution in [2.75, 3.05) is 13.2 Å². The first kappa shape index (κ1) is 47.5. The van der Waals surface area contributed by atoms with Gasteiger partial charge in [-0.1, -0.05) is 121 Å². The number of esters is 5. The second-order valence-corrected chi connectivity index (χ2v) is 16.3. The van der Waals surface area contributed by atoms with Gasteiger partial charge in [-0.25, -0.2) is 24.0 Å². The van der Waals surface area contributed by atoms with Crippen molar-refractivity contribution in [3.63, 3.8) is 0 Å². The zero-order valence-electron chi connectivity index (χ0n) is 37.2. The summed E-state index contributed by atoms with van der Waals surface area (Å²) >= 11 is 0. The Balaban J connectivity index is 1.11. The van der Waals surface area contributed by atoms with Gasteiger partial charge in [0.25, 0.3) is 0 Å². The maximum absolute atomic E-state index is 14.2. The zero-order chi connectivity index (χ0) is 48.4. The quantitative estimate of drug-likeness (QED) is 0.0895. The molecule has 3 fully saturated rings. The van der Waals surface area contributed by atoms with E-state index in [1.54, 1.807) is 127 Å². The van der Waals surface area contributed by atoms with Gasteiger partial charge < -0.3 is 52.5 Å². The molecule has 9 rings (SSSR count). The van der Waals surface area contributed by atoms with Gasteiger partial charge in [0, 0.05) is 5.56 Å². The molecule has 0 aromatic heterocycles. The summed E-state index contributed by atoms with van der Waals surface area (Å²) in [6, 6.07) is 48.8. The van der Waals surface area contributed by atoms with Gasteiger partial charge in [0.15, 0.2) is 24.8 Å². The van der Waals surface area contributed by atoms with Crippen LogP contribution in [0.1, 0.15) is 63.6 Å². The Bertz CT molecular complexity index is 2690. The van der Waals surface area contributed by atoms with E-state index in [-0.39, 0.29) is 34.4 Å². The van der Waals surface area contributed by atoms with Crippen LogP contribution in [0.25, 0.3) is 0 Å². The van der Waals surface area contributed by atoms with Crippen molar-refractivity contribution in [1.82, 2.24) is 0 Å². The Morgan fingerprint density at radius 1 is 0.443 bits per heavy atom. The van der Waals surface area contributed by atoms with E-state index in [9.17, 15) is 29.1 Å². The van der Waals surface area contributed by atoms with Crippen molar-refractivity contribution in [2.45, 2.75) is 67.7 Å². The lowest BCUT2D eigenvalue weighted by Crippen LogP contribution is -2.67. The monoisotopic (exact) mass is 950 g/mol. The molecule has 11 atom stereocenters. The van der Waals surface area contributed by atoms with Crippen LogP contribution < -0.4 is 0 Å². The standard InChI is InChI=1S/C54H46O16/c55-41-44(65-48(57)34-21-9-2-10-22-34)42-40(32-62-52(68-42)38-29-17-6-18-30-38)63-53(41)69-43-39(31-61-47(56)33-19-7-1-8-20-33)64-54(70-51(60)37-27-15-5-16-28-37)46(67-50(59)36-25-13-4-14-26-36)45(43)66-49(58)35-23-11-3-12-24-35/h1-30,39-46,52-55H,31-32H2/t39-,40-,41+,42+,43-,44-,45+,46+,52?,53+,54-/m1/s1. The van der Waals surface area contributed by atoms with E-state index in [0.717, 1.165) is 0 Å². The molecule has 3 aliphatic heterocycles. The number of carbonyl (C=O) groups excluding carboxylic acids is 5. The van der Waals surface area contributed by atoms with Crippen LogP contribution in [0.5, 0.6) is 0 Å². The lowest BCUT2D eigenvalue weighted by molar-refractivity contribution is -0.382. The Morgan fingerprint density at radius 3 is 1.34 bits per heavy atom. The summed E-state index contributed by atoms with van der Waals surface area (Å²) in [4.78, 5) is 69.5. The van der Waals surface area contributed by atoms with Crippen LogP contribution in [0.3, 0.4) is 0 Å². The van der Waals surface area contributed by atoms with Gasteiger partial charge >= 0.3 is 29.8 Å². The van der Waals surface area contributed by atoms with Crippen molar-refractivity contribution in [3.05, 3.63) is 215 Å². The number of ether oxygens (including phenoxy) is 10. The van der Waals surface area contributed by atoms with Gasteiger partial charge in [0.1, 0.15) is 37.1 Å². The number of hydrogen-bond acceptors (Lipinski definition) is 16. The number of fused-ring (bicyclic) bond motifs is 1. The highest BCUT2D eigenvalue weighted by Crippen LogP contribution is 2.39. The first-order valence-electron chi connectivity index (χ1n) is 22.4.